The Morgan fingerprint density at radius 3 is 2.17 bits per heavy atom. The average molecular weight is 329 g/mol. The number of ether oxygens (including phenoxy) is 2. The van der Waals surface area contributed by atoms with Crippen LogP contribution in [-0.2, 0) is 19.1 Å². The third-order valence-electron chi connectivity index (χ3n) is 3.47. The molecule has 2 N–H and O–H groups in total. The maximum Gasteiger partial charge on any atom is 0.407 e. The number of aliphatic carboxylic acids is 1. The molecule has 1 saturated carbocycles. The predicted molar refractivity (Wildman–Crippen MR) is 82.9 cm³/mol. The summed E-state index contributed by atoms with van der Waals surface area (Å²) in [7, 11) is 0. The maximum absolute atomic E-state index is 12.2. The van der Waals surface area contributed by atoms with E-state index in [9.17, 15) is 14.4 Å². The van der Waals surface area contributed by atoms with Crippen molar-refractivity contribution < 1.29 is 29.0 Å². The summed E-state index contributed by atoms with van der Waals surface area (Å²) in [6.07, 6.45) is -0.364. The Hall–Kier alpha value is -1.79. The van der Waals surface area contributed by atoms with Crippen molar-refractivity contribution in [2.45, 2.75) is 65.6 Å². The fraction of sp³-hybridized carbons (Fsp3) is 0.812. The van der Waals surface area contributed by atoms with Gasteiger partial charge in [-0.2, -0.15) is 0 Å². The van der Waals surface area contributed by atoms with Gasteiger partial charge in [0.15, 0.2) is 6.10 Å². The van der Waals surface area contributed by atoms with Gasteiger partial charge in [0.05, 0.1) is 5.41 Å². The molecule has 1 fully saturated rings. The van der Waals surface area contributed by atoms with E-state index in [0.717, 1.165) is 0 Å². The van der Waals surface area contributed by atoms with Crippen molar-refractivity contribution in [3.63, 3.8) is 0 Å². The fourth-order valence-corrected chi connectivity index (χ4v) is 2.04. The van der Waals surface area contributed by atoms with Gasteiger partial charge in [0.1, 0.15) is 5.60 Å². The minimum atomic E-state index is -1.15. The molecule has 7 nitrogen and oxygen atoms in total. The number of esters is 1. The second-order valence-electron chi connectivity index (χ2n) is 7.50. The molecule has 1 aliphatic carbocycles. The van der Waals surface area contributed by atoms with Crippen LogP contribution in [0.1, 0.15) is 53.9 Å². The molecule has 1 rings (SSSR count). The van der Waals surface area contributed by atoms with Gasteiger partial charge in [0.25, 0.3) is 0 Å². The molecule has 1 atom stereocenters. The van der Waals surface area contributed by atoms with Crippen molar-refractivity contribution >= 4 is 18.0 Å². The average Bonchev–Trinajstić information content (AvgIpc) is 3.14. The number of hydrogen-bond donors (Lipinski definition) is 2. The standard InChI is InChI=1S/C16H27NO6/c1-10(2)8-11(12(18)19)22-13(20)16(6-7-16)9-17-14(21)23-15(3,4)5/h10-11H,6-9H2,1-5H3,(H,17,21)(H,18,19)/t11-/m0/s1. The lowest BCUT2D eigenvalue weighted by molar-refractivity contribution is -0.169. The van der Waals surface area contributed by atoms with Crippen LogP contribution in [0.25, 0.3) is 0 Å². The Bertz CT molecular complexity index is 462. The van der Waals surface area contributed by atoms with Crippen molar-refractivity contribution in [3.8, 4) is 0 Å². The Morgan fingerprint density at radius 2 is 1.78 bits per heavy atom. The normalized spacial score (nSPS) is 17.3. The van der Waals surface area contributed by atoms with E-state index in [1.807, 2.05) is 13.8 Å². The Morgan fingerprint density at radius 1 is 1.22 bits per heavy atom. The predicted octanol–water partition coefficient (Wildman–Crippen LogP) is 2.33. The third kappa shape index (κ3) is 6.46. The van der Waals surface area contributed by atoms with E-state index in [-0.39, 0.29) is 18.9 Å². The van der Waals surface area contributed by atoms with Gasteiger partial charge in [-0.3, -0.25) is 4.79 Å². The molecule has 0 aromatic carbocycles. The van der Waals surface area contributed by atoms with Crippen molar-refractivity contribution in [1.29, 1.82) is 0 Å². The minimum absolute atomic E-state index is 0.0920. The largest absolute Gasteiger partial charge is 0.479 e. The monoisotopic (exact) mass is 329 g/mol. The van der Waals surface area contributed by atoms with E-state index in [2.05, 4.69) is 5.32 Å². The first-order valence-corrected chi connectivity index (χ1v) is 7.86. The summed E-state index contributed by atoms with van der Waals surface area (Å²) in [4.78, 5) is 35.1. The van der Waals surface area contributed by atoms with Crippen LogP contribution < -0.4 is 5.32 Å². The van der Waals surface area contributed by atoms with Crippen molar-refractivity contribution in [2.24, 2.45) is 11.3 Å². The summed E-state index contributed by atoms with van der Waals surface area (Å²) in [5, 5.41) is 11.7. The second kappa shape index (κ2) is 7.19. The Balaban J connectivity index is 2.54. The van der Waals surface area contributed by atoms with Crippen LogP contribution in [0, 0.1) is 11.3 Å². The van der Waals surface area contributed by atoms with E-state index in [1.54, 1.807) is 20.8 Å². The molecule has 132 valence electrons. The fourth-order valence-electron chi connectivity index (χ4n) is 2.04. The summed E-state index contributed by atoms with van der Waals surface area (Å²) in [5.74, 6) is -1.62. The van der Waals surface area contributed by atoms with Crippen LogP contribution in [0.15, 0.2) is 0 Å². The number of nitrogens with one attached hydrogen (secondary N) is 1. The lowest BCUT2D eigenvalue weighted by atomic mass is 10.0. The summed E-state index contributed by atoms with van der Waals surface area (Å²) in [5.41, 5.74) is -1.44. The molecule has 0 aromatic heterocycles. The first-order valence-electron chi connectivity index (χ1n) is 7.86. The van der Waals surface area contributed by atoms with Crippen LogP contribution in [0.4, 0.5) is 4.79 Å². The minimum Gasteiger partial charge on any atom is -0.479 e. The molecule has 0 bridgehead atoms. The lowest BCUT2D eigenvalue weighted by Crippen LogP contribution is -2.40. The number of amides is 1. The van der Waals surface area contributed by atoms with Gasteiger partial charge in [0.2, 0.25) is 0 Å². The molecule has 0 spiro atoms. The van der Waals surface area contributed by atoms with Crippen LogP contribution in [-0.4, -0.2) is 41.4 Å². The van der Waals surface area contributed by atoms with Gasteiger partial charge in [-0.25, -0.2) is 9.59 Å². The van der Waals surface area contributed by atoms with Crippen molar-refractivity contribution in [1.82, 2.24) is 5.32 Å². The highest BCUT2D eigenvalue weighted by molar-refractivity contribution is 5.84. The van der Waals surface area contributed by atoms with Gasteiger partial charge in [-0.15, -0.1) is 0 Å². The molecule has 1 amide bonds. The van der Waals surface area contributed by atoms with E-state index in [0.29, 0.717) is 12.8 Å². The van der Waals surface area contributed by atoms with Gasteiger partial charge in [-0.05, 0) is 46.0 Å². The van der Waals surface area contributed by atoms with Crippen molar-refractivity contribution in [3.05, 3.63) is 0 Å². The molecule has 23 heavy (non-hydrogen) atoms. The molecule has 0 unspecified atom stereocenters. The van der Waals surface area contributed by atoms with Gasteiger partial charge >= 0.3 is 18.0 Å². The third-order valence-corrected chi connectivity index (χ3v) is 3.47. The zero-order chi connectivity index (χ0) is 17.8. The molecule has 0 saturated heterocycles. The smallest absolute Gasteiger partial charge is 0.407 e. The molecular weight excluding hydrogens is 302 g/mol. The summed E-state index contributed by atoms with van der Waals surface area (Å²) < 4.78 is 10.3. The second-order valence-corrected chi connectivity index (χ2v) is 7.50. The lowest BCUT2D eigenvalue weighted by Gasteiger charge is -2.22. The van der Waals surface area contributed by atoms with Gasteiger partial charge in [-0.1, -0.05) is 13.8 Å². The Labute approximate surface area is 136 Å². The molecule has 7 heteroatoms. The van der Waals surface area contributed by atoms with Crippen LogP contribution in [0.3, 0.4) is 0 Å². The number of alkyl carbamates (subject to hydrolysis) is 1. The van der Waals surface area contributed by atoms with E-state index >= 15 is 0 Å². The van der Waals surface area contributed by atoms with E-state index in [4.69, 9.17) is 14.6 Å². The topological polar surface area (TPSA) is 102 Å². The summed E-state index contributed by atoms with van der Waals surface area (Å²) in [6, 6.07) is 0. The van der Waals surface area contributed by atoms with E-state index in [1.165, 1.54) is 0 Å². The molecular formula is C16H27NO6. The first-order chi connectivity index (χ1) is 10.4. The number of hydrogen-bond acceptors (Lipinski definition) is 5. The SMILES string of the molecule is CC(C)C[C@H](OC(=O)C1(CNC(=O)OC(C)(C)C)CC1)C(=O)O. The molecule has 0 aliphatic heterocycles. The molecule has 1 aliphatic rings. The summed E-state index contributed by atoms with van der Waals surface area (Å²) >= 11 is 0. The maximum atomic E-state index is 12.2. The van der Waals surface area contributed by atoms with Gasteiger partial charge in [0, 0.05) is 6.54 Å². The van der Waals surface area contributed by atoms with Crippen LogP contribution in [0.2, 0.25) is 0 Å². The molecule has 0 aromatic rings. The summed E-state index contributed by atoms with van der Waals surface area (Å²) in [6.45, 7) is 9.06. The molecule has 0 radical (unpaired) electrons. The number of carbonyl (C=O) groups excluding carboxylic acids is 2. The highest BCUT2D eigenvalue weighted by atomic mass is 16.6. The number of rotatable bonds is 7. The Kier molecular flexibility index (Phi) is 6.02. The quantitative estimate of drug-likeness (QED) is 0.695. The highest BCUT2D eigenvalue weighted by Gasteiger charge is 2.52. The number of carbonyl (C=O) groups is 3. The van der Waals surface area contributed by atoms with Gasteiger partial charge < -0.3 is 19.9 Å². The zero-order valence-corrected chi connectivity index (χ0v) is 14.5. The number of carboxylic acid groups (broad SMARTS) is 1. The molecule has 0 heterocycles. The van der Waals surface area contributed by atoms with E-state index < -0.39 is 35.2 Å². The number of carboxylic acids is 1. The van der Waals surface area contributed by atoms with Crippen molar-refractivity contribution in [2.75, 3.05) is 6.54 Å². The van der Waals surface area contributed by atoms with Crippen LogP contribution >= 0.6 is 0 Å². The highest BCUT2D eigenvalue weighted by Crippen LogP contribution is 2.46. The zero-order valence-electron chi connectivity index (χ0n) is 14.5. The van der Waals surface area contributed by atoms with Crippen LogP contribution in [0.5, 0.6) is 0 Å². The first kappa shape index (κ1) is 19.3.